The van der Waals surface area contributed by atoms with Gasteiger partial charge < -0.3 is 10.5 Å². The van der Waals surface area contributed by atoms with Crippen LogP contribution in [0.1, 0.15) is 16.7 Å². The van der Waals surface area contributed by atoms with Crippen molar-refractivity contribution in [2.24, 2.45) is 5.73 Å². The van der Waals surface area contributed by atoms with Crippen molar-refractivity contribution in [3.63, 3.8) is 0 Å². The highest BCUT2D eigenvalue weighted by molar-refractivity contribution is 7.80. The number of benzene rings is 2. The van der Waals surface area contributed by atoms with Gasteiger partial charge in [0.05, 0.1) is 10.6 Å². The molecule has 0 fully saturated rings. The van der Waals surface area contributed by atoms with Gasteiger partial charge in [0, 0.05) is 0 Å². The van der Waals surface area contributed by atoms with E-state index in [4.69, 9.17) is 34.3 Å². The monoisotopic (exact) mass is 291 g/mol. The van der Waals surface area contributed by atoms with Crippen LogP contribution >= 0.6 is 23.8 Å². The Balaban J connectivity index is 2.49. The van der Waals surface area contributed by atoms with Gasteiger partial charge in [-0.05, 0) is 43.2 Å². The Morgan fingerprint density at radius 3 is 2.63 bits per heavy atom. The van der Waals surface area contributed by atoms with E-state index in [0.717, 1.165) is 11.1 Å². The molecule has 0 aliphatic rings. The van der Waals surface area contributed by atoms with E-state index in [1.807, 2.05) is 50.2 Å². The number of nitrogens with two attached hydrogens (primary N) is 1. The quantitative estimate of drug-likeness (QED) is 0.852. The zero-order valence-electron chi connectivity index (χ0n) is 10.7. The molecular weight excluding hydrogens is 278 g/mol. The van der Waals surface area contributed by atoms with E-state index in [0.29, 0.717) is 27.1 Å². The summed E-state index contributed by atoms with van der Waals surface area (Å²) in [7, 11) is 0. The minimum absolute atomic E-state index is 0.308. The molecule has 0 heterocycles. The summed E-state index contributed by atoms with van der Waals surface area (Å²) in [6.07, 6.45) is 0. The van der Waals surface area contributed by atoms with Gasteiger partial charge in [0.2, 0.25) is 0 Å². The topological polar surface area (TPSA) is 35.2 Å². The highest BCUT2D eigenvalue weighted by Gasteiger charge is 2.12. The van der Waals surface area contributed by atoms with Crippen LogP contribution < -0.4 is 10.5 Å². The van der Waals surface area contributed by atoms with Gasteiger partial charge in [0.15, 0.2) is 0 Å². The first-order valence-corrected chi connectivity index (χ1v) is 6.61. The SMILES string of the molecule is Cc1ccc(Cl)c(Oc2c(C)cccc2C(N)=S)c1. The van der Waals surface area contributed by atoms with Gasteiger partial charge in [0.25, 0.3) is 0 Å². The van der Waals surface area contributed by atoms with Gasteiger partial charge in [-0.2, -0.15) is 0 Å². The lowest BCUT2D eigenvalue weighted by Crippen LogP contribution is -2.11. The fourth-order valence-corrected chi connectivity index (χ4v) is 2.10. The van der Waals surface area contributed by atoms with Crippen molar-refractivity contribution in [1.29, 1.82) is 0 Å². The molecule has 98 valence electrons. The van der Waals surface area contributed by atoms with Crippen molar-refractivity contribution < 1.29 is 4.74 Å². The summed E-state index contributed by atoms with van der Waals surface area (Å²) < 4.78 is 5.91. The molecule has 0 unspecified atom stereocenters. The Bertz CT molecular complexity index is 640. The number of hydrogen-bond acceptors (Lipinski definition) is 2. The standard InChI is InChI=1S/C15H14ClNOS/c1-9-6-7-12(16)13(8-9)18-14-10(2)4-3-5-11(14)15(17)19/h3-8H,1-2H3,(H2,17,19). The van der Waals surface area contributed by atoms with Crippen LogP contribution in [0.5, 0.6) is 11.5 Å². The summed E-state index contributed by atoms with van der Waals surface area (Å²) in [5.41, 5.74) is 8.47. The molecular formula is C15H14ClNOS. The van der Waals surface area contributed by atoms with E-state index >= 15 is 0 Å². The summed E-state index contributed by atoms with van der Waals surface area (Å²) in [6, 6.07) is 11.3. The minimum atomic E-state index is 0.308. The minimum Gasteiger partial charge on any atom is -0.455 e. The third-order valence-corrected chi connectivity index (χ3v) is 3.31. The highest BCUT2D eigenvalue weighted by atomic mass is 35.5. The zero-order valence-corrected chi connectivity index (χ0v) is 12.3. The van der Waals surface area contributed by atoms with Crippen LogP contribution in [0.2, 0.25) is 5.02 Å². The number of rotatable bonds is 3. The molecule has 0 atom stereocenters. The Kier molecular flexibility index (Phi) is 4.08. The highest BCUT2D eigenvalue weighted by Crippen LogP contribution is 2.34. The lowest BCUT2D eigenvalue weighted by molar-refractivity contribution is 0.478. The van der Waals surface area contributed by atoms with Crippen LogP contribution in [-0.4, -0.2) is 4.99 Å². The van der Waals surface area contributed by atoms with E-state index in [-0.39, 0.29) is 0 Å². The molecule has 0 spiro atoms. The maximum atomic E-state index is 6.14. The fraction of sp³-hybridized carbons (Fsp3) is 0.133. The molecule has 2 nitrogen and oxygen atoms in total. The molecule has 2 aromatic rings. The Morgan fingerprint density at radius 1 is 1.21 bits per heavy atom. The average molecular weight is 292 g/mol. The molecule has 0 aliphatic heterocycles. The first-order chi connectivity index (χ1) is 8.99. The van der Waals surface area contributed by atoms with Crippen molar-refractivity contribution in [1.82, 2.24) is 0 Å². The lowest BCUT2D eigenvalue weighted by atomic mass is 10.1. The number of aryl methyl sites for hydroxylation is 2. The van der Waals surface area contributed by atoms with Gasteiger partial charge in [-0.1, -0.05) is 42.0 Å². The van der Waals surface area contributed by atoms with Crippen LogP contribution in [0.15, 0.2) is 36.4 Å². The molecule has 0 saturated carbocycles. The van der Waals surface area contributed by atoms with Crippen molar-refractivity contribution in [3.05, 3.63) is 58.1 Å². The van der Waals surface area contributed by atoms with Gasteiger partial charge in [-0.3, -0.25) is 0 Å². The smallest absolute Gasteiger partial charge is 0.146 e. The van der Waals surface area contributed by atoms with Gasteiger partial charge in [-0.25, -0.2) is 0 Å². The van der Waals surface area contributed by atoms with Crippen LogP contribution in [-0.2, 0) is 0 Å². The van der Waals surface area contributed by atoms with Gasteiger partial charge in [-0.15, -0.1) is 0 Å². The maximum Gasteiger partial charge on any atom is 0.146 e. The van der Waals surface area contributed by atoms with Crippen molar-refractivity contribution >= 4 is 28.8 Å². The summed E-state index contributed by atoms with van der Waals surface area (Å²) in [5, 5.41) is 0.558. The van der Waals surface area contributed by atoms with E-state index < -0.39 is 0 Å². The van der Waals surface area contributed by atoms with E-state index in [2.05, 4.69) is 0 Å². The largest absolute Gasteiger partial charge is 0.455 e. The second-order valence-corrected chi connectivity index (χ2v) is 5.20. The van der Waals surface area contributed by atoms with E-state index in [9.17, 15) is 0 Å². The van der Waals surface area contributed by atoms with Crippen LogP contribution in [0.25, 0.3) is 0 Å². The Morgan fingerprint density at radius 2 is 1.95 bits per heavy atom. The number of thiocarbonyl (C=S) groups is 1. The lowest BCUT2D eigenvalue weighted by Gasteiger charge is -2.14. The van der Waals surface area contributed by atoms with Gasteiger partial charge >= 0.3 is 0 Å². The van der Waals surface area contributed by atoms with Gasteiger partial charge in [0.1, 0.15) is 16.5 Å². The molecule has 0 bridgehead atoms. The molecule has 0 radical (unpaired) electrons. The Labute approximate surface area is 123 Å². The second-order valence-electron chi connectivity index (χ2n) is 4.35. The average Bonchev–Trinajstić information content (AvgIpc) is 2.35. The molecule has 0 amide bonds. The molecule has 0 aliphatic carbocycles. The zero-order chi connectivity index (χ0) is 14.0. The second kappa shape index (κ2) is 5.59. The number of para-hydroxylation sites is 1. The van der Waals surface area contributed by atoms with Crippen molar-refractivity contribution in [2.45, 2.75) is 13.8 Å². The van der Waals surface area contributed by atoms with Crippen LogP contribution in [0.3, 0.4) is 0 Å². The van der Waals surface area contributed by atoms with Crippen LogP contribution in [0, 0.1) is 13.8 Å². The molecule has 2 N–H and O–H groups in total. The summed E-state index contributed by atoms with van der Waals surface area (Å²) in [5.74, 6) is 1.26. The first kappa shape index (κ1) is 13.8. The molecule has 0 saturated heterocycles. The number of ether oxygens (including phenoxy) is 1. The van der Waals surface area contributed by atoms with Crippen LogP contribution in [0.4, 0.5) is 0 Å². The first-order valence-electron chi connectivity index (χ1n) is 5.82. The molecule has 2 rings (SSSR count). The predicted molar refractivity (Wildman–Crippen MR) is 83.3 cm³/mol. The predicted octanol–water partition coefficient (Wildman–Crippen LogP) is 4.38. The van der Waals surface area contributed by atoms with E-state index in [1.54, 1.807) is 0 Å². The third-order valence-electron chi connectivity index (χ3n) is 2.78. The van der Waals surface area contributed by atoms with Crippen molar-refractivity contribution in [2.75, 3.05) is 0 Å². The molecule has 4 heteroatoms. The fourth-order valence-electron chi connectivity index (χ4n) is 1.78. The summed E-state index contributed by atoms with van der Waals surface area (Å²) >= 11 is 11.2. The van der Waals surface area contributed by atoms with Crippen molar-refractivity contribution in [3.8, 4) is 11.5 Å². The third kappa shape index (κ3) is 3.06. The summed E-state index contributed by atoms with van der Waals surface area (Å²) in [4.78, 5) is 0.308. The molecule has 2 aromatic carbocycles. The van der Waals surface area contributed by atoms with E-state index in [1.165, 1.54) is 0 Å². The molecule has 19 heavy (non-hydrogen) atoms. The summed E-state index contributed by atoms with van der Waals surface area (Å²) in [6.45, 7) is 3.93. The normalized spacial score (nSPS) is 10.3. The Hall–Kier alpha value is -1.58. The molecule has 0 aromatic heterocycles. The maximum absolute atomic E-state index is 6.14. The number of halogens is 1. The number of hydrogen-bond donors (Lipinski definition) is 1.